The van der Waals surface area contributed by atoms with Gasteiger partial charge in [-0.2, -0.15) is 13.2 Å². The average molecular weight is 420 g/mol. The lowest BCUT2D eigenvalue weighted by atomic mass is 9.99. The largest absolute Gasteiger partial charge is 0.481 e. The van der Waals surface area contributed by atoms with Crippen LogP contribution in [0, 0.1) is 0 Å². The fraction of sp³-hybridized carbons (Fsp3) is 0.227. The van der Waals surface area contributed by atoms with E-state index in [0.717, 1.165) is 12.1 Å². The monoisotopic (exact) mass is 420 g/mol. The number of halogens is 3. The van der Waals surface area contributed by atoms with Crippen molar-refractivity contribution in [1.82, 2.24) is 0 Å². The Hall–Kier alpha value is -3.10. The van der Waals surface area contributed by atoms with E-state index in [0.29, 0.717) is 34.6 Å². The summed E-state index contributed by atoms with van der Waals surface area (Å²) in [5, 5.41) is 9.05. The molecule has 1 aliphatic carbocycles. The number of carboxylic acid groups (broad SMARTS) is 1. The van der Waals surface area contributed by atoms with Crippen molar-refractivity contribution in [1.29, 1.82) is 0 Å². The molecule has 2 aromatic rings. The Morgan fingerprint density at radius 1 is 1.13 bits per heavy atom. The summed E-state index contributed by atoms with van der Waals surface area (Å²) < 4.78 is 44.1. The molecular weight excluding hydrogens is 401 g/mol. The molecule has 0 heterocycles. The number of carboxylic acids is 1. The smallest absolute Gasteiger partial charge is 0.416 e. The van der Waals surface area contributed by atoms with Gasteiger partial charge in [0.2, 0.25) is 0 Å². The van der Waals surface area contributed by atoms with E-state index in [1.54, 1.807) is 36.4 Å². The van der Waals surface area contributed by atoms with Crippen LogP contribution in [0.3, 0.4) is 0 Å². The van der Waals surface area contributed by atoms with Crippen molar-refractivity contribution in [2.24, 2.45) is 0 Å². The van der Waals surface area contributed by atoms with Crippen molar-refractivity contribution in [2.75, 3.05) is 7.11 Å². The van der Waals surface area contributed by atoms with E-state index in [2.05, 4.69) is 4.89 Å². The topological polar surface area (TPSA) is 65.0 Å². The number of alkyl halides is 3. The Kier molecular flexibility index (Phi) is 6.59. The van der Waals surface area contributed by atoms with Gasteiger partial charge in [-0.3, -0.25) is 4.79 Å². The SMILES string of the molecule is COOC1C=C(Oc2cccc(-c3ccc(C(F)(F)F)cc3)c2)C=C(CC(=O)O)C1. The fourth-order valence-corrected chi connectivity index (χ4v) is 3.10. The molecule has 1 aliphatic rings. The molecule has 3 rings (SSSR count). The van der Waals surface area contributed by atoms with Crippen molar-refractivity contribution in [3.05, 3.63) is 77.6 Å². The number of aliphatic carboxylic acids is 1. The summed E-state index contributed by atoms with van der Waals surface area (Å²) in [6, 6.07) is 11.7. The first-order valence-electron chi connectivity index (χ1n) is 9.02. The zero-order chi connectivity index (χ0) is 21.7. The van der Waals surface area contributed by atoms with E-state index in [-0.39, 0.29) is 6.42 Å². The highest BCUT2D eigenvalue weighted by molar-refractivity contribution is 5.70. The van der Waals surface area contributed by atoms with Crippen molar-refractivity contribution in [2.45, 2.75) is 25.1 Å². The van der Waals surface area contributed by atoms with Gasteiger partial charge in [0.15, 0.2) is 0 Å². The molecule has 0 saturated carbocycles. The van der Waals surface area contributed by atoms with Crippen LogP contribution >= 0.6 is 0 Å². The molecule has 0 aliphatic heterocycles. The molecule has 8 heteroatoms. The van der Waals surface area contributed by atoms with Gasteiger partial charge in [-0.15, -0.1) is 0 Å². The molecule has 5 nitrogen and oxygen atoms in total. The number of hydrogen-bond acceptors (Lipinski definition) is 4. The van der Waals surface area contributed by atoms with E-state index >= 15 is 0 Å². The molecule has 1 atom stereocenters. The normalized spacial score (nSPS) is 16.6. The van der Waals surface area contributed by atoms with Crippen molar-refractivity contribution < 1.29 is 37.6 Å². The van der Waals surface area contributed by atoms with Gasteiger partial charge in [0.05, 0.1) is 19.1 Å². The van der Waals surface area contributed by atoms with Crippen LogP contribution in [0.2, 0.25) is 0 Å². The van der Waals surface area contributed by atoms with Crippen LogP contribution in [-0.2, 0) is 20.7 Å². The number of rotatable bonds is 7. The van der Waals surface area contributed by atoms with Gasteiger partial charge < -0.3 is 9.84 Å². The van der Waals surface area contributed by atoms with Crippen molar-refractivity contribution >= 4 is 5.97 Å². The van der Waals surface area contributed by atoms with Gasteiger partial charge in [-0.1, -0.05) is 29.8 Å². The second-order valence-corrected chi connectivity index (χ2v) is 6.65. The predicted molar refractivity (Wildman–Crippen MR) is 102 cm³/mol. The van der Waals surface area contributed by atoms with Gasteiger partial charge >= 0.3 is 12.1 Å². The summed E-state index contributed by atoms with van der Waals surface area (Å²) in [5.74, 6) is -0.130. The van der Waals surface area contributed by atoms with Crippen LogP contribution in [0.15, 0.2) is 72.0 Å². The van der Waals surface area contributed by atoms with E-state index in [1.807, 2.05) is 0 Å². The average Bonchev–Trinajstić information content (AvgIpc) is 2.67. The van der Waals surface area contributed by atoms with E-state index in [1.165, 1.54) is 19.2 Å². The number of allylic oxidation sites excluding steroid dienone is 1. The molecule has 1 unspecified atom stereocenters. The van der Waals surface area contributed by atoms with Crippen LogP contribution in [0.25, 0.3) is 11.1 Å². The quantitative estimate of drug-likeness (QED) is 0.481. The molecule has 0 amide bonds. The van der Waals surface area contributed by atoms with Gasteiger partial charge in [-0.25, -0.2) is 9.78 Å². The summed E-state index contributed by atoms with van der Waals surface area (Å²) in [7, 11) is 1.36. The molecule has 2 aromatic carbocycles. The Labute approximate surface area is 170 Å². The molecule has 0 radical (unpaired) electrons. The van der Waals surface area contributed by atoms with Crippen molar-refractivity contribution in [3.63, 3.8) is 0 Å². The van der Waals surface area contributed by atoms with Gasteiger partial charge in [0.25, 0.3) is 0 Å². The minimum absolute atomic E-state index is 0.157. The highest BCUT2D eigenvalue weighted by atomic mass is 19.4. The fourth-order valence-electron chi connectivity index (χ4n) is 3.10. The first-order valence-corrected chi connectivity index (χ1v) is 9.02. The van der Waals surface area contributed by atoms with Gasteiger partial charge in [0.1, 0.15) is 17.6 Å². The minimum Gasteiger partial charge on any atom is -0.481 e. The lowest BCUT2D eigenvalue weighted by Gasteiger charge is -2.20. The molecule has 158 valence electrons. The van der Waals surface area contributed by atoms with Crippen LogP contribution in [0.5, 0.6) is 5.75 Å². The second kappa shape index (κ2) is 9.15. The third kappa shape index (κ3) is 5.71. The molecule has 0 spiro atoms. The van der Waals surface area contributed by atoms with E-state index in [4.69, 9.17) is 14.7 Å². The number of benzene rings is 2. The summed E-state index contributed by atoms with van der Waals surface area (Å²) >= 11 is 0. The summed E-state index contributed by atoms with van der Waals surface area (Å²) in [6.07, 6.45) is -1.39. The van der Waals surface area contributed by atoms with Crippen LogP contribution in [0.1, 0.15) is 18.4 Å². The van der Waals surface area contributed by atoms with Crippen LogP contribution in [0.4, 0.5) is 13.2 Å². The van der Waals surface area contributed by atoms with Gasteiger partial charge in [-0.05, 0) is 47.5 Å². The lowest BCUT2D eigenvalue weighted by molar-refractivity contribution is -0.293. The summed E-state index contributed by atoms with van der Waals surface area (Å²) in [5.41, 5.74) is 1.18. The zero-order valence-corrected chi connectivity index (χ0v) is 16.0. The molecule has 1 N–H and O–H groups in total. The predicted octanol–water partition coefficient (Wildman–Crippen LogP) is 5.39. The number of carbonyl (C=O) groups is 1. The van der Waals surface area contributed by atoms with Crippen molar-refractivity contribution in [3.8, 4) is 16.9 Å². The minimum atomic E-state index is -4.39. The summed E-state index contributed by atoms with van der Waals surface area (Å²) in [6.45, 7) is 0. The Morgan fingerprint density at radius 3 is 2.50 bits per heavy atom. The van der Waals surface area contributed by atoms with E-state index in [9.17, 15) is 18.0 Å². The molecule has 0 saturated heterocycles. The molecule has 30 heavy (non-hydrogen) atoms. The summed E-state index contributed by atoms with van der Waals surface area (Å²) in [4.78, 5) is 20.8. The maximum Gasteiger partial charge on any atom is 0.416 e. The van der Waals surface area contributed by atoms with Crippen LogP contribution in [-0.4, -0.2) is 24.3 Å². The molecule has 0 bridgehead atoms. The third-order valence-corrected chi connectivity index (χ3v) is 4.37. The van der Waals surface area contributed by atoms with E-state index < -0.39 is 23.8 Å². The maximum atomic E-state index is 12.8. The highest BCUT2D eigenvalue weighted by Crippen LogP contribution is 2.32. The maximum absolute atomic E-state index is 12.8. The Morgan fingerprint density at radius 2 is 1.87 bits per heavy atom. The Balaban J connectivity index is 1.81. The van der Waals surface area contributed by atoms with Gasteiger partial charge in [0, 0.05) is 6.42 Å². The first kappa shape index (κ1) is 21.6. The molecular formula is C22H19F3O5. The number of hydrogen-bond donors (Lipinski definition) is 1. The Bertz CT molecular complexity index is 961. The molecule has 0 fully saturated rings. The standard InChI is InChI=1S/C22H19F3O5/c1-28-30-20-10-14(11-21(26)27)9-19(13-20)29-18-4-2-3-16(12-18)15-5-7-17(8-6-15)22(23,24)25/h2-9,12-13,20H,10-11H2,1H3,(H,26,27). The second-order valence-electron chi connectivity index (χ2n) is 6.65. The lowest BCUT2D eigenvalue weighted by Crippen LogP contribution is -2.17. The number of ether oxygens (including phenoxy) is 1. The highest BCUT2D eigenvalue weighted by Gasteiger charge is 2.30. The van der Waals surface area contributed by atoms with Crippen LogP contribution < -0.4 is 4.74 Å². The third-order valence-electron chi connectivity index (χ3n) is 4.37. The first-order chi connectivity index (χ1) is 14.2. The molecule has 0 aromatic heterocycles. The zero-order valence-electron chi connectivity index (χ0n) is 16.0.